The van der Waals surface area contributed by atoms with Crippen LogP contribution in [0.3, 0.4) is 0 Å². The summed E-state index contributed by atoms with van der Waals surface area (Å²) >= 11 is 0. The summed E-state index contributed by atoms with van der Waals surface area (Å²) in [5.41, 5.74) is 6.38. The molecule has 4 nitrogen and oxygen atoms in total. The standard InChI is InChI=1S/C20H21FN2O2/c21-17-5-3-15(4-6-17)14-25-18-7-8-19-16(13-18)9-12-23(20(19)24)11-2-1-10-22/h3-9,12-13H,1-2,10-11,14,22H2. The van der Waals surface area contributed by atoms with Gasteiger partial charge in [0, 0.05) is 18.1 Å². The van der Waals surface area contributed by atoms with Gasteiger partial charge in [-0.1, -0.05) is 12.1 Å². The Hall–Kier alpha value is -2.66. The summed E-state index contributed by atoms with van der Waals surface area (Å²) in [4.78, 5) is 12.5. The maximum Gasteiger partial charge on any atom is 0.258 e. The van der Waals surface area contributed by atoms with Gasteiger partial charge < -0.3 is 15.0 Å². The number of aryl methyl sites for hydroxylation is 1. The van der Waals surface area contributed by atoms with Crippen molar-refractivity contribution in [2.24, 2.45) is 5.73 Å². The number of rotatable bonds is 7. The number of hydrogen-bond donors (Lipinski definition) is 1. The van der Waals surface area contributed by atoms with Crippen LogP contribution in [0.25, 0.3) is 10.8 Å². The Bertz CT molecular complexity index is 904. The highest BCUT2D eigenvalue weighted by atomic mass is 19.1. The minimum Gasteiger partial charge on any atom is -0.489 e. The number of halogens is 1. The molecule has 0 spiro atoms. The van der Waals surface area contributed by atoms with Gasteiger partial charge in [0.05, 0.1) is 0 Å². The van der Waals surface area contributed by atoms with Gasteiger partial charge in [0.2, 0.25) is 0 Å². The summed E-state index contributed by atoms with van der Waals surface area (Å²) in [5.74, 6) is 0.411. The summed E-state index contributed by atoms with van der Waals surface area (Å²) in [6, 6.07) is 13.5. The second kappa shape index (κ2) is 7.94. The van der Waals surface area contributed by atoms with Crippen LogP contribution in [0.15, 0.2) is 59.5 Å². The van der Waals surface area contributed by atoms with Crippen LogP contribution in [-0.4, -0.2) is 11.1 Å². The number of pyridine rings is 1. The third-order valence-electron chi connectivity index (χ3n) is 4.12. The van der Waals surface area contributed by atoms with E-state index in [0.717, 1.165) is 23.8 Å². The van der Waals surface area contributed by atoms with E-state index in [1.54, 1.807) is 28.8 Å². The summed E-state index contributed by atoms with van der Waals surface area (Å²) in [7, 11) is 0. The van der Waals surface area contributed by atoms with Crippen molar-refractivity contribution in [1.82, 2.24) is 4.57 Å². The molecule has 0 aliphatic heterocycles. The number of fused-ring (bicyclic) bond motifs is 1. The van der Waals surface area contributed by atoms with E-state index in [0.29, 0.717) is 30.8 Å². The van der Waals surface area contributed by atoms with Gasteiger partial charge in [0.15, 0.2) is 0 Å². The first-order chi connectivity index (χ1) is 12.2. The molecular weight excluding hydrogens is 319 g/mol. The van der Waals surface area contributed by atoms with Crippen LogP contribution in [0.4, 0.5) is 4.39 Å². The fourth-order valence-electron chi connectivity index (χ4n) is 2.71. The van der Waals surface area contributed by atoms with Crippen LogP contribution in [0.1, 0.15) is 18.4 Å². The average molecular weight is 340 g/mol. The predicted molar refractivity (Wildman–Crippen MR) is 97.2 cm³/mol. The van der Waals surface area contributed by atoms with Crippen molar-refractivity contribution in [3.8, 4) is 5.75 Å². The highest BCUT2D eigenvalue weighted by Crippen LogP contribution is 2.19. The summed E-state index contributed by atoms with van der Waals surface area (Å²) < 4.78 is 20.4. The topological polar surface area (TPSA) is 57.2 Å². The fourth-order valence-corrected chi connectivity index (χ4v) is 2.71. The zero-order chi connectivity index (χ0) is 17.6. The van der Waals surface area contributed by atoms with E-state index in [-0.39, 0.29) is 11.4 Å². The Morgan fingerprint density at radius 1 is 1.04 bits per heavy atom. The molecule has 25 heavy (non-hydrogen) atoms. The molecule has 3 aromatic rings. The molecule has 130 valence electrons. The normalized spacial score (nSPS) is 11.0. The Balaban J connectivity index is 1.74. The molecule has 1 aromatic heterocycles. The van der Waals surface area contributed by atoms with Crippen LogP contribution in [0, 0.1) is 5.82 Å². The van der Waals surface area contributed by atoms with Gasteiger partial charge in [0.1, 0.15) is 18.2 Å². The maximum absolute atomic E-state index is 12.9. The smallest absolute Gasteiger partial charge is 0.258 e. The van der Waals surface area contributed by atoms with E-state index < -0.39 is 0 Å². The van der Waals surface area contributed by atoms with E-state index in [1.807, 2.05) is 18.3 Å². The highest BCUT2D eigenvalue weighted by Gasteiger charge is 2.05. The zero-order valence-corrected chi connectivity index (χ0v) is 14.0. The van der Waals surface area contributed by atoms with Gasteiger partial charge in [-0.05, 0) is 66.7 Å². The van der Waals surface area contributed by atoms with E-state index in [2.05, 4.69) is 0 Å². The second-order valence-electron chi connectivity index (χ2n) is 5.97. The molecule has 0 fully saturated rings. The lowest BCUT2D eigenvalue weighted by molar-refractivity contribution is 0.306. The molecule has 3 rings (SSSR count). The highest BCUT2D eigenvalue weighted by molar-refractivity contribution is 5.82. The molecule has 0 aliphatic carbocycles. The Morgan fingerprint density at radius 2 is 1.84 bits per heavy atom. The van der Waals surface area contributed by atoms with Gasteiger partial charge in [-0.2, -0.15) is 0 Å². The van der Waals surface area contributed by atoms with Crippen molar-refractivity contribution in [3.63, 3.8) is 0 Å². The molecule has 0 bridgehead atoms. The number of ether oxygens (including phenoxy) is 1. The molecule has 0 unspecified atom stereocenters. The van der Waals surface area contributed by atoms with E-state index >= 15 is 0 Å². The van der Waals surface area contributed by atoms with E-state index in [9.17, 15) is 9.18 Å². The van der Waals surface area contributed by atoms with Crippen molar-refractivity contribution in [2.45, 2.75) is 26.0 Å². The first-order valence-corrected chi connectivity index (χ1v) is 8.38. The molecule has 0 aliphatic rings. The quantitative estimate of drug-likeness (QED) is 0.670. The zero-order valence-electron chi connectivity index (χ0n) is 14.0. The lowest BCUT2D eigenvalue weighted by Crippen LogP contribution is -2.19. The number of unbranched alkanes of at least 4 members (excludes halogenated alkanes) is 1. The van der Waals surface area contributed by atoms with Crippen molar-refractivity contribution >= 4 is 10.8 Å². The summed E-state index contributed by atoms with van der Waals surface area (Å²) in [5, 5.41) is 1.51. The largest absolute Gasteiger partial charge is 0.489 e. The number of hydrogen-bond acceptors (Lipinski definition) is 3. The molecule has 2 N–H and O–H groups in total. The molecule has 1 heterocycles. The number of nitrogens with zero attached hydrogens (tertiary/aromatic N) is 1. The number of benzene rings is 2. The number of aromatic nitrogens is 1. The van der Waals surface area contributed by atoms with Gasteiger partial charge in [0.25, 0.3) is 5.56 Å². The van der Waals surface area contributed by atoms with Crippen molar-refractivity contribution in [3.05, 3.63) is 76.5 Å². The van der Waals surface area contributed by atoms with Gasteiger partial charge in [-0.3, -0.25) is 4.79 Å². The minimum atomic E-state index is -0.266. The molecule has 5 heteroatoms. The summed E-state index contributed by atoms with van der Waals surface area (Å²) in [6.45, 7) is 1.66. The first-order valence-electron chi connectivity index (χ1n) is 8.38. The van der Waals surface area contributed by atoms with Crippen LogP contribution < -0.4 is 16.0 Å². The first kappa shape index (κ1) is 17.2. The van der Waals surface area contributed by atoms with Gasteiger partial charge >= 0.3 is 0 Å². The molecule has 2 aromatic carbocycles. The predicted octanol–water partition coefficient (Wildman–Crippen LogP) is 3.46. The molecule has 0 atom stereocenters. The number of nitrogens with two attached hydrogens (primary N) is 1. The third kappa shape index (κ3) is 4.25. The minimum absolute atomic E-state index is 0.000365. The molecule has 0 amide bonds. The van der Waals surface area contributed by atoms with Crippen molar-refractivity contribution in [2.75, 3.05) is 6.54 Å². The van der Waals surface area contributed by atoms with E-state index in [4.69, 9.17) is 10.5 Å². The van der Waals surface area contributed by atoms with Crippen LogP contribution in [0.5, 0.6) is 5.75 Å². The summed E-state index contributed by atoms with van der Waals surface area (Å²) in [6.07, 6.45) is 3.60. The molecule has 0 radical (unpaired) electrons. The van der Waals surface area contributed by atoms with Crippen molar-refractivity contribution in [1.29, 1.82) is 0 Å². The van der Waals surface area contributed by atoms with Crippen LogP contribution in [-0.2, 0) is 13.2 Å². The second-order valence-corrected chi connectivity index (χ2v) is 5.97. The van der Waals surface area contributed by atoms with Crippen molar-refractivity contribution < 1.29 is 9.13 Å². The Labute approximate surface area is 145 Å². The monoisotopic (exact) mass is 340 g/mol. The lowest BCUT2D eigenvalue weighted by Gasteiger charge is -2.09. The molecule has 0 saturated carbocycles. The lowest BCUT2D eigenvalue weighted by atomic mass is 10.1. The Kier molecular flexibility index (Phi) is 5.46. The van der Waals surface area contributed by atoms with E-state index in [1.165, 1.54) is 12.1 Å². The molecular formula is C20H21FN2O2. The fraction of sp³-hybridized carbons (Fsp3) is 0.250. The van der Waals surface area contributed by atoms with Gasteiger partial charge in [-0.15, -0.1) is 0 Å². The van der Waals surface area contributed by atoms with Gasteiger partial charge in [-0.25, -0.2) is 4.39 Å². The SMILES string of the molecule is NCCCCn1ccc2cc(OCc3ccc(F)cc3)ccc2c1=O. The maximum atomic E-state index is 12.9. The molecule has 0 saturated heterocycles. The van der Waals surface area contributed by atoms with Crippen LogP contribution >= 0.6 is 0 Å². The average Bonchev–Trinajstić information content (AvgIpc) is 2.63. The van der Waals surface area contributed by atoms with Crippen LogP contribution in [0.2, 0.25) is 0 Å². The third-order valence-corrected chi connectivity index (χ3v) is 4.12. The Morgan fingerprint density at radius 3 is 2.60 bits per heavy atom.